The van der Waals surface area contributed by atoms with Crippen LogP contribution in [0.5, 0.6) is 0 Å². The standard InChI is InChI=1S/C34H42N3O8S3/c1-3-8-26-13-15-30(16-14-26)47(41,42)35-21-17-28(18-22-35)37(31-10-5-4-9-27(31)25-45-34(37)38)29-19-23-36(24-20-29)48(43,44)33-12-7-6-11-32(33)46(2,39)40/h4-7,9-16,28-29H,3,8,17-25H2,1-2H3/q+1. The zero-order chi connectivity index (χ0) is 34.3. The lowest BCUT2D eigenvalue weighted by molar-refractivity contribution is 0.0270. The average molecular weight is 717 g/mol. The van der Waals surface area contributed by atoms with Gasteiger partial charge in [-0.15, -0.1) is 0 Å². The molecule has 3 aliphatic rings. The van der Waals surface area contributed by atoms with E-state index in [1.165, 1.54) is 32.9 Å². The third kappa shape index (κ3) is 6.11. The second kappa shape index (κ2) is 13.3. The predicted octanol–water partition coefficient (Wildman–Crippen LogP) is 4.71. The number of quaternary nitrogens is 1. The Labute approximate surface area is 283 Å². The average Bonchev–Trinajstić information content (AvgIpc) is 3.08. The number of nitrogens with zero attached hydrogens (tertiary/aromatic N) is 3. The van der Waals surface area contributed by atoms with Crippen LogP contribution in [0.15, 0.2) is 87.5 Å². The summed E-state index contributed by atoms with van der Waals surface area (Å²) in [4.78, 5) is 13.9. The van der Waals surface area contributed by atoms with E-state index in [0.717, 1.165) is 35.9 Å². The number of piperidine rings is 2. The van der Waals surface area contributed by atoms with Crippen LogP contribution in [0.1, 0.15) is 50.2 Å². The van der Waals surface area contributed by atoms with Gasteiger partial charge in [-0.2, -0.15) is 17.9 Å². The topological polar surface area (TPSA) is 135 Å². The van der Waals surface area contributed by atoms with Gasteiger partial charge < -0.3 is 4.74 Å². The number of ether oxygens (including phenoxy) is 1. The molecule has 3 aromatic carbocycles. The molecule has 1 amide bonds. The molecule has 11 nitrogen and oxygen atoms in total. The van der Waals surface area contributed by atoms with E-state index in [4.69, 9.17) is 4.74 Å². The Kier molecular flexibility index (Phi) is 9.61. The zero-order valence-electron chi connectivity index (χ0n) is 27.2. The fraction of sp³-hybridized carbons (Fsp3) is 0.441. The SMILES string of the molecule is CCCc1ccc(S(=O)(=O)N2CCC([N+]3(C4CCN(S(=O)(=O)c5ccccc5S(C)(=O)=O)CC4)C(=O)OCc4ccccc43)CC2)cc1. The first kappa shape index (κ1) is 34.7. The molecule has 1 atom stereocenters. The van der Waals surface area contributed by atoms with E-state index in [0.29, 0.717) is 25.7 Å². The zero-order valence-corrected chi connectivity index (χ0v) is 29.6. The molecule has 0 N–H and O–H groups in total. The Morgan fingerprint density at radius 3 is 1.79 bits per heavy atom. The molecule has 2 saturated heterocycles. The summed E-state index contributed by atoms with van der Waals surface area (Å²) in [6, 6.07) is 19.6. The minimum atomic E-state index is -4.15. The summed E-state index contributed by atoms with van der Waals surface area (Å²) >= 11 is 0. The van der Waals surface area contributed by atoms with Gasteiger partial charge in [0.15, 0.2) is 9.84 Å². The van der Waals surface area contributed by atoms with Gasteiger partial charge in [-0.05, 0) is 42.3 Å². The highest BCUT2D eigenvalue weighted by Gasteiger charge is 2.58. The molecule has 0 spiro atoms. The second-order valence-corrected chi connectivity index (χ2v) is 18.7. The van der Waals surface area contributed by atoms with Crippen LogP contribution < -0.4 is 4.48 Å². The van der Waals surface area contributed by atoms with Gasteiger partial charge in [0.1, 0.15) is 29.3 Å². The van der Waals surface area contributed by atoms with E-state index >= 15 is 0 Å². The summed E-state index contributed by atoms with van der Waals surface area (Å²) < 4.78 is 88.2. The molecule has 14 heteroatoms. The number of cyclic esters (lactones) is 1. The predicted molar refractivity (Wildman–Crippen MR) is 182 cm³/mol. The highest BCUT2D eigenvalue weighted by atomic mass is 32.2. The molecule has 3 aromatic rings. The smallest absolute Gasteiger partial charge is 0.415 e. The largest absolute Gasteiger partial charge is 0.522 e. The quantitative estimate of drug-likeness (QED) is 0.291. The van der Waals surface area contributed by atoms with Crippen molar-refractivity contribution < 1.29 is 34.8 Å². The van der Waals surface area contributed by atoms with Crippen LogP contribution in [0.25, 0.3) is 0 Å². The third-order valence-corrected chi connectivity index (χ3v) is 15.2. The molecule has 2 fully saturated rings. The molecule has 0 aliphatic carbocycles. The minimum absolute atomic E-state index is 0.0851. The number of sulfone groups is 1. The number of carbonyl (C=O) groups is 1. The summed E-state index contributed by atoms with van der Waals surface area (Å²) in [6.07, 6.45) is 3.90. The molecule has 1 unspecified atom stereocenters. The number of sulfonamides is 2. The third-order valence-electron chi connectivity index (χ3n) is 10.0. The Balaban J connectivity index is 1.28. The van der Waals surface area contributed by atoms with Gasteiger partial charge in [-0.3, -0.25) is 0 Å². The van der Waals surface area contributed by atoms with Gasteiger partial charge in [-0.25, -0.2) is 25.3 Å². The number of aryl methyl sites for hydroxylation is 1. The van der Waals surface area contributed by atoms with E-state index in [9.17, 15) is 30.0 Å². The molecule has 0 aromatic heterocycles. The first-order valence-corrected chi connectivity index (χ1v) is 21.1. The van der Waals surface area contributed by atoms with Crippen LogP contribution in [-0.2, 0) is 47.6 Å². The molecule has 6 rings (SSSR count). The summed E-state index contributed by atoms with van der Waals surface area (Å²) in [7, 11) is -11.7. The number of carbonyl (C=O) groups excluding carboxylic acids is 1. The van der Waals surface area contributed by atoms with Crippen molar-refractivity contribution in [2.75, 3.05) is 32.4 Å². The molecule has 3 heterocycles. The van der Waals surface area contributed by atoms with Crippen molar-refractivity contribution >= 4 is 41.7 Å². The van der Waals surface area contributed by atoms with Crippen LogP contribution >= 0.6 is 0 Å². The van der Waals surface area contributed by atoms with Crippen molar-refractivity contribution in [2.45, 2.75) is 78.8 Å². The van der Waals surface area contributed by atoms with Gasteiger partial charge >= 0.3 is 6.09 Å². The lowest BCUT2D eigenvalue weighted by atomic mass is 9.90. The Morgan fingerprint density at radius 1 is 0.708 bits per heavy atom. The number of fused-ring (bicyclic) bond motifs is 1. The maximum Gasteiger partial charge on any atom is 0.522 e. The van der Waals surface area contributed by atoms with Crippen molar-refractivity contribution in [3.8, 4) is 0 Å². The summed E-state index contributed by atoms with van der Waals surface area (Å²) in [5.74, 6) is 0. The van der Waals surface area contributed by atoms with Gasteiger partial charge in [0, 0.05) is 64.2 Å². The van der Waals surface area contributed by atoms with Crippen LogP contribution in [-0.4, -0.2) is 84.5 Å². The second-order valence-electron chi connectivity index (χ2n) is 12.8. The molecule has 0 bridgehead atoms. The van der Waals surface area contributed by atoms with Crippen molar-refractivity contribution in [2.24, 2.45) is 0 Å². The summed E-state index contributed by atoms with van der Waals surface area (Å²) in [5.41, 5.74) is 2.77. The lowest BCUT2D eigenvalue weighted by Gasteiger charge is -2.51. The lowest BCUT2D eigenvalue weighted by Crippen LogP contribution is -2.71. The monoisotopic (exact) mass is 716 g/mol. The molecular formula is C34H42N3O8S3+. The van der Waals surface area contributed by atoms with Gasteiger partial charge in [0.25, 0.3) is 0 Å². The van der Waals surface area contributed by atoms with Crippen LogP contribution in [0.3, 0.4) is 0 Å². The summed E-state index contributed by atoms with van der Waals surface area (Å²) in [6.45, 7) is 2.84. The number of para-hydroxylation sites is 1. The fourth-order valence-corrected chi connectivity index (χ4v) is 12.2. The van der Waals surface area contributed by atoms with E-state index in [1.54, 1.807) is 12.1 Å². The minimum Gasteiger partial charge on any atom is -0.415 e. The number of rotatable bonds is 9. The fourth-order valence-electron chi connectivity index (χ4n) is 7.68. The van der Waals surface area contributed by atoms with E-state index in [1.807, 2.05) is 36.4 Å². The van der Waals surface area contributed by atoms with Crippen molar-refractivity contribution in [3.05, 3.63) is 83.9 Å². The van der Waals surface area contributed by atoms with Gasteiger partial charge in [0.05, 0.1) is 15.4 Å². The van der Waals surface area contributed by atoms with Crippen LogP contribution in [0, 0.1) is 0 Å². The number of hydrogen-bond donors (Lipinski definition) is 0. The molecule has 0 saturated carbocycles. The molecule has 3 aliphatic heterocycles. The van der Waals surface area contributed by atoms with Crippen LogP contribution in [0.2, 0.25) is 0 Å². The van der Waals surface area contributed by atoms with Crippen molar-refractivity contribution in [1.29, 1.82) is 0 Å². The molecular weight excluding hydrogens is 675 g/mol. The number of amides is 1. The number of benzene rings is 3. The maximum atomic E-state index is 14.1. The van der Waals surface area contributed by atoms with E-state index < -0.39 is 36.0 Å². The molecule has 258 valence electrons. The Morgan fingerprint density at radius 2 is 1.23 bits per heavy atom. The number of hydrogen-bond acceptors (Lipinski definition) is 8. The van der Waals surface area contributed by atoms with Crippen molar-refractivity contribution in [3.63, 3.8) is 0 Å². The van der Waals surface area contributed by atoms with Crippen molar-refractivity contribution in [1.82, 2.24) is 13.1 Å². The van der Waals surface area contributed by atoms with Gasteiger partial charge in [-0.1, -0.05) is 49.7 Å². The first-order chi connectivity index (χ1) is 22.8. The molecule has 0 radical (unpaired) electrons. The maximum absolute atomic E-state index is 14.1. The molecule has 48 heavy (non-hydrogen) atoms. The Bertz CT molecular complexity index is 2000. The van der Waals surface area contributed by atoms with E-state index in [-0.39, 0.29) is 64.0 Å². The highest BCUT2D eigenvalue weighted by Crippen LogP contribution is 2.45. The van der Waals surface area contributed by atoms with E-state index in [2.05, 4.69) is 6.92 Å². The van der Waals surface area contributed by atoms with Gasteiger partial charge in [0.2, 0.25) is 20.0 Å². The highest BCUT2D eigenvalue weighted by molar-refractivity contribution is 7.93. The normalized spacial score (nSPS) is 22.2. The van der Waals surface area contributed by atoms with Crippen LogP contribution in [0.4, 0.5) is 10.5 Å². The first-order valence-electron chi connectivity index (χ1n) is 16.3. The Hall–Kier alpha value is -3.14. The summed E-state index contributed by atoms with van der Waals surface area (Å²) in [5, 5.41) is 0.